The Morgan fingerprint density at radius 1 is 1.14 bits per heavy atom. The Morgan fingerprint density at radius 3 is 2.49 bits per heavy atom. The maximum absolute atomic E-state index is 14.5. The predicted octanol–water partition coefficient (Wildman–Crippen LogP) is 4.70. The number of fused-ring (bicyclic) bond motifs is 3. The molecule has 3 heterocycles. The van der Waals surface area contributed by atoms with Crippen LogP contribution < -0.4 is 24.8 Å². The summed E-state index contributed by atoms with van der Waals surface area (Å²) in [5.74, 6) is -4.33. The van der Waals surface area contributed by atoms with E-state index in [1.54, 1.807) is 26.8 Å². The van der Waals surface area contributed by atoms with Crippen molar-refractivity contribution in [1.29, 1.82) is 0 Å². The third-order valence-electron chi connectivity index (χ3n) is 11.4. The van der Waals surface area contributed by atoms with E-state index in [0.29, 0.717) is 44.3 Å². The van der Waals surface area contributed by atoms with Crippen LogP contribution in [0.5, 0.6) is 11.6 Å². The van der Waals surface area contributed by atoms with Gasteiger partial charge in [-0.2, -0.15) is 13.2 Å². The van der Waals surface area contributed by atoms with Gasteiger partial charge in [-0.05, 0) is 83.3 Å². The molecule has 6 rings (SSSR count). The fraction of sp³-hybridized carbons (Fsp3) is 0.632. The molecule has 3 fully saturated rings. The van der Waals surface area contributed by atoms with Crippen LogP contribution in [0.4, 0.5) is 18.0 Å². The molecule has 57 heavy (non-hydrogen) atoms. The summed E-state index contributed by atoms with van der Waals surface area (Å²) >= 11 is 0. The van der Waals surface area contributed by atoms with Crippen molar-refractivity contribution in [3.8, 4) is 11.6 Å². The summed E-state index contributed by atoms with van der Waals surface area (Å²) in [5.41, 5.74) is -3.21. The van der Waals surface area contributed by atoms with E-state index in [0.717, 1.165) is 4.90 Å². The third-order valence-corrected chi connectivity index (χ3v) is 13.6. The molecule has 2 aliphatic carbocycles. The van der Waals surface area contributed by atoms with Crippen molar-refractivity contribution in [2.75, 3.05) is 6.54 Å². The number of carboxylic acid groups (broad SMARTS) is 1. The standard InChI is InChI=1S/C38H49F3N6O9S/c1-6-22-15-21(4)9-7-8-10-23-18-37(23,34(50)46-57(53,54)36(5)13-14-36)45-31(48)28-17-25(19-47(28)33(49)29(22)44-35(51)52)56-32-30(38(39,40)41)42-26-12-11-24(55-20(2)3)16-27(26)43-32/h8,10-12,16,20-23,25,28-29,44H,6-7,9,13-15,17-19H2,1-5H3,(H,45,48)(H,46,50)(H,51,52)/b10-8-/t21-,22-,23-,25-,28+,29+,37-/m1/s1. The summed E-state index contributed by atoms with van der Waals surface area (Å²) in [7, 11) is -4.11. The average Bonchev–Trinajstić information content (AvgIpc) is 4.00. The van der Waals surface area contributed by atoms with E-state index in [1.807, 2.05) is 13.0 Å². The highest BCUT2D eigenvalue weighted by molar-refractivity contribution is 7.91. The molecule has 1 saturated heterocycles. The Hall–Kier alpha value is -4.68. The Morgan fingerprint density at radius 2 is 1.86 bits per heavy atom. The van der Waals surface area contributed by atoms with Crippen LogP contribution in [-0.4, -0.2) is 93.3 Å². The van der Waals surface area contributed by atoms with Crippen LogP contribution in [0.15, 0.2) is 30.4 Å². The van der Waals surface area contributed by atoms with Gasteiger partial charge in [0, 0.05) is 18.4 Å². The summed E-state index contributed by atoms with van der Waals surface area (Å²) in [6.45, 7) is 8.37. The van der Waals surface area contributed by atoms with E-state index in [9.17, 15) is 45.9 Å². The van der Waals surface area contributed by atoms with Gasteiger partial charge in [0.2, 0.25) is 33.4 Å². The molecule has 0 unspecified atom stereocenters. The lowest BCUT2D eigenvalue weighted by Gasteiger charge is -2.33. The number of sulfonamides is 1. The number of carbonyl (C=O) groups is 4. The van der Waals surface area contributed by atoms with Gasteiger partial charge in [0.25, 0.3) is 5.91 Å². The smallest absolute Gasteiger partial charge is 0.438 e. The molecule has 0 spiro atoms. The Labute approximate surface area is 328 Å². The normalized spacial score (nSPS) is 29.6. The zero-order valence-electron chi connectivity index (χ0n) is 32.4. The minimum atomic E-state index is -5.02. The van der Waals surface area contributed by atoms with Gasteiger partial charge < -0.3 is 30.1 Å². The van der Waals surface area contributed by atoms with Crippen molar-refractivity contribution < 1.29 is 55.3 Å². The molecule has 2 saturated carbocycles. The highest BCUT2D eigenvalue weighted by Crippen LogP contribution is 2.48. The number of allylic oxidation sites excluding steroid dienone is 1. The molecule has 312 valence electrons. The summed E-state index contributed by atoms with van der Waals surface area (Å²) in [4.78, 5) is 63.9. The van der Waals surface area contributed by atoms with Crippen molar-refractivity contribution in [3.05, 3.63) is 36.0 Å². The first kappa shape index (κ1) is 41.9. The maximum atomic E-state index is 14.5. The number of rotatable bonds is 9. The van der Waals surface area contributed by atoms with Crippen LogP contribution in [-0.2, 0) is 30.6 Å². The average molecular weight is 823 g/mol. The number of amides is 4. The van der Waals surface area contributed by atoms with E-state index in [4.69, 9.17) is 9.47 Å². The van der Waals surface area contributed by atoms with Crippen molar-refractivity contribution in [3.63, 3.8) is 0 Å². The SMILES string of the molecule is CC[C@@H]1C[C@H](C)CC/C=C\[C@@H]2C[C@@]2(C(=O)NS(=O)(=O)C2(C)CC2)NC(=O)[C@@H]2C[C@@H](Oc3nc4cc(OC(C)C)ccc4nc3C(F)(F)F)CN2C(=O)[C@H]1NC(=O)O. The van der Waals surface area contributed by atoms with Gasteiger partial charge >= 0.3 is 12.3 Å². The van der Waals surface area contributed by atoms with Crippen molar-refractivity contribution in [2.24, 2.45) is 17.8 Å². The zero-order valence-corrected chi connectivity index (χ0v) is 33.2. The monoisotopic (exact) mass is 822 g/mol. The summed E-state index contributed by atoms with van der Waals surface area (Å²) in [6, 6.07) is 1.39. The predicted molar refractivity (Wildman–Crippen MR) is 199 cm³/mol. The molecular formula is C38H49F3N6O9S. The first-order valence-electron chi connectivity index (χ1n) is 19.2. The quantitative estimate of drug-likeness (QED) is 0.255. The van der Waals surface area contributed by atoms with Gasteiger partial charge in [-0.15, -0.1) is 0 Å². The molecule has 1 aromatic carbocycles. The summed E-state index contributed by atoms with van der Waals surface area (Å²) in [6.07, 6.45) is -2.04. The van der Waals surface area contributed by atoms with Gasteiger partial charge in [-0.3, -0.25) is 19.1 Å². The number of ether oxygens (including phenoxy) is 2. The number of aromatic nitrogens is 2. The molecule has 2 aliphatic heterocycles. The van der Waals surface area contributed by atoms with E-state index in [2.05, 4.69) is 25.3 Å². The van der Waals surface area contributed by atoms with Gasteiger partial charge in [0.05, 0.1) is 28.4 Å². The van der Waals surface area contributed by atoms with Gasteiger partial charge in [-0.25, -0.2) is 23.2 Å². The number of alkyl halides is 3. The maximum Gasteiger partial charge on any atom is 0.438 e. The van der Waals surface area contributed by atoms with Crippen LogP contribution in [0, 0.1) is 17.8 Å². The van der Waals surface area contributed by atoms with Gasteiger partial charge in [0.15, 0.2) is 0 Å². The van der Waals surface area contributed by atoms with Crippen LogP contribution in [0.1, 0.15) is 91.7 Å². The molecule has 4 amide bonds. The van der Waals surface area contributed by atoms with E-state index in [1.165, 1.54) is 25.1 Å². The first-order valence-corrected chi connectivity index (χ1v) is 20.7. The molecule has 2 aromatic rings. The number of hydrogen-bond donors (Lipinski definition) is 4. The van der Waals surface area contributed by atoms with Crippen LogP contribution >= 0.6 is 0 Å². The molecule has 0 bridgehead atoms. The van der Waals surface area contributed by atoms with Crippen molar-refractivity contribution >= 4 is 44.9 Å². The molecule has 4 N–H and O–H groups in total. The van der Waals surface area contributed by atoms with Crippen LogP contribution in [0.3, 0.4) is 0 Å². The topological polar surface area (TPSA) is 206 Å². The highest BCUT2D eigenvalue weighted by atomic mass is 32.2. The molecule has 15 nitrogen and oxygen atoms in total. The lowest BCUT2D eigenvalue weighted by atomic mass is 9.85. The highest BCUT2D eigenvalue weighted by Gasteiger charge is 2.63. The number of halogens is 3. The third kappa shape index (κ3) is 8.92. The number of nitrogens with zero attached hydrogens (tertiary/aromatic N) is 3. The molecule has 0 radical (unpaired) electrons. The number of carbonyl (C=O) groups excluding carboxylic acids is 3. The molecule has 1 aromatic heterocycles. The Balaban J connectivity index is 1.38. The second kappa shape index (κ2) is 15.6. The minimum Gasteiger partial charge on any atom is -0.491 e. The second-order valence-electron chi connectivity index (χ2n) is 16.3. The van der Waals surface area contributed by atoms with Gasteiger partial charge in [0.1, 0.15) is 29.5 Å². The van der Waals surface area contributed by atoms with E-state index < -0.39 is 98.4 Å². The molecule has 7 atom stereocenters. The fourth-order valence-electron chi connectivity index (χ4n) is 7.74. The minimum absolute atomic E-state index is 0.0104. The first-order chi connectivity index (χ1) is 26.7. The zero-order chi connectivity index (χ0) is 41.7. The van der Waals surface area contributed by atoms with Crippen molar-refractivity contribution in [2.45, 2.75) is 127 Å². The van der Waals surface area contributed by atoms with E-state index in [-0.39, 0.29) is 35.9 Å². The fourth-order valence-corrected chi connectivity index (χ4v) is 9.05. The molecule has 4 aliphatic rings. The number of benzene rings is 1. The number of nitrogens with one attached hydrogen (secondary N) is 3. The second-order valence-corrected chi connectivity index (χ2v) is 18.5. The summed E-state index contributed by atoms with van der Waals surface area (Å²) < 4.78 is 82.2. The largest absolute Gasteiger partial charge is 0.491 e. The Kier molecular flexibility index (Phi) is 11.5. The lowest BCUT2D eigenvalue weighted by molar-refractivity contribution is -0.143. The van der Waals surface area contributed by atoms with Crippen LogP contribution in [0.25, 0.3) is 11.0 Å². The van der Waals surface area contributed by atoms with Crippen LogP contribution in [0.2, 0.25) is 0 Å². The van der Waals surface area contributed by atoms with E-state index >= 15 is 0 Å². The number of hydrogen-bond acceptors (Lipinski definition) is 10. The lowest BCUT2D eigenvalue weighted by Crippen LogP contribution is -2.59. The molecular weight excluding hydrogens is 774 g/mol. The summed E-state index contributed by atoms with van der Waals surface area (Å²) in [5, 5.41) is 14.9. The Bertz CT molecular complexity index is 2060. The van der Waals surface area contributed by atoms with Gasteiger partial charge in [-0.1, -0.05) is 32.4 Å². The van der Waals surface area contributed by atoms with Crippen molar-refractivity contribution in [1.82, 2.24) is 30.2 Å². The molecule has 19 heteroatoms.